The lowest BCUT2D eigenvalue weighted by Crippen LogP contribution is -2.47. The van der Waals surface area contributed by atoms with Crippen molar-refractivity contribution in [1.82, 2.24) is 5.32 Å². The van der Waals surface area contributed by atoms with Gasteiger partial charge in [-0.2, -0.15) is 26.3 Å². The smallest absolute Gasteiger partial charge is 0.381 e. The summed E-state index contributed by atoms with van der Waals surface area (Å²) in [5.41, 5.74) is -5.13. The quantitative estimate of drug-likeness (QED) is 0.420. The first-order chi connectivity index (χ1) is 17.7. The van der Waals surface area contributed by atoms with E-state index in [4.69, 9.17) is 21.2 Å². The number of oxime groups is 1. The average Bonchev–Trinajstić information content (AvgIpc) is 2.85. The van der Waals surface area contributed by atoms with Crippen LogP contribution in [0.15, 0.2) is 35.5 Å². The first-order valence-corrected chi connectivity index (χ1v) is 12.0. The minimum Gasteiger partial charge on any atom is -0.381 e. The Hall–Kier alpha value is -2.86. The first-order valence-electron chi connectivity index (χ1n) is 11.6. The van der Waals surface area contributed by atoms with Gasteiger partial charge in [-0.15, -0.1) is 0 Å². The molecule has 2 aliphatic heterocycles. The van der Waals surface area contributed by atoms with E-state index >= 15 is 0 Å². The van der Waals surface area contributed by atoms with Gasteiger partial charge in [0.2, 0.25) is 0 Å². The Labute approximate surface area is 217 Å². The second-order valence-electron chi connectivity index (χ2n) is 9.16. The van der Waals surface area contributed by atoms with Gasteiger partial charge in [-0.3, -0.25) is 4.79 Å². The largest absolute Gasteiger partial charge is 0.435 e. The maximum Gasteiger partial charge on any atom is 0.435 e. The molecule has 5 nitrogen and oxygen atoms in total. The Morgan fingerprint density at radius 1 is 1.11 bits per heavy atom. The number of alkyl halides is 6. The Morgan fingerprint density at radius 2 is 1.79 bits per heavy atom. The number of carbonyl (C=O) groups is 1. The minimum absolute atomic E-state index is 0.0355. The number of amides is 1. The zero-order valence-electron chi connectivity index (χ0n) is 19.9. The van der Waals surface area contributed by atoms with Gasteiger partial charge >= 0.3 is 12.4 Å². The fourth-order valence-electron chi connectivity index (χ4n) is 4.50. The van der Waals surface area contributed by atoms with E-state index in [1.54, 1.807) is 13.0 Å². The number of carbonyl (C=O) groups excluding carboxylic acids is 1. The molecule has 13 heteroatoms. The summed E-state index contributed by atoms with van der Waals surface area (Å²) in [5, 5.41) is 5.36. The van der Waals surface area contributed by atoms with Crippen LogP contribution < -0.4 is 5.32 Å². The number of hydrogen-bond donors (Lipinski definition) is 1. The summed E-state index contributed by atoms with van der Waals surface area (Å²) in [5.74, 6) is -1.98. The highest BCUT2D eigenvalue weighted by Crippen LogP contribution is 2.50. The lowest BCUT2D eigenvalue weighted by atomic mass is 9.84. The number of aryl methyl sites for hydroxylation is 1. The van der Waals surface area contributed by atoms with E-state index in [1.807, 2.05) is 0 Å². The van der Waals surface area contributed by atoms with Crippen LogP contribution in [0.1, 0.15) is 58.3 Å². The van der Waals surface area contributed by atoms with Gasteiger partial charge in [-0.05, 0) is 61.6 Å². The molecule has 4 rings (SSSR count). The summed E-state index contributed by atoms with van der Waals surface area (Å²) < 4.78 is 102. The van der Waals surface area contributed by atoms with Crippen molar-refractivity contribution in [3.8, 4) is 0 Å². The van der Waals surface area contributed by atoms with Crippen molar-refractivity contribution in [3.63, 3.8) is 0 Å². The molecule has 2 aliphatic rings. The van der Waals surface area contributed by atoms with Crippen LogP contribution in [0.3, 0.4) is 0 Å². The van der Waals surface area contributed by atoms with Gasteiger partial charge < -0.3 is 14.9 Å². The van der Waals surface area contributed by atoms with Gasteiger partial charge in [0.15, 0.2) is 0 Å². The van der Waals surface area contributed by atoms with Gasteiger partial charge in [0, 0.05) is 36.8 Å². The standard InChI is InChI=1S/C25H22ClF7N2O3/c1-13-10-14(2-3-17(13)22(36)34-16-5-8-37-9-6-16)20-4-7-23(38-35-20,25(31,32)33)18-11-15(24(28,29)30)12-19(26)21(18)27/h2-3,10-12,16H,4-9H2,1H3,(H,34,36)/t23-/m1/s1. The number of halogens is 8. The predicted octanol–water partition coefficient (Wildman–Crippen LogP) is 6.69. The van der Waals surface area contributed by atoms with Crippen molar-refractivity contribution in [2.24, 2.45) is 5.16 Å². The van der Waals surface area contributed by atoms with E-state index < -0.39 is 52.8 Å². The lowest BCUT2D eigenvalue weighted by molar-refractivity contribution is -0.292. The van der Waals surface area contributed by atoms with Crippen LogP contribution in [0.4, 0.5) is 30.7 Å². The number of nitrogens with zero attached hydrogens (tertiary/aromatic N) is 1. The molecule has 0 bridgehead atoms. The third-order valence-corrected chi connectivity index (χ3v) is 6.91. The van der Waals surface area contributed by atoms with Crippen molar-refractivity contribution in [2.45, 2.75) is 56.6 Å². The van der Waals surface area contributed by atoms with Crippen LogP contribution in [0.5, 0.6) is 0 Å². The summed E-state index contributed by atoms with van der Waals surface area (Å²) in [7, 11) is 0. The molecule has 1 fully saturated rings. The van der Waals surface area contributed by atoms with Gasteiger partial charge in [0.25, 0.3) is 11.5 Å². The third kappa shape index (κ3) is 5.47. The molecule has 0 aromatic heterocycles. The first kappa shape index (κ1) is 28.2. The minimum atomic E-state index is -5.32. The van der Waals surface area contributed by atoms with E-state index in [2.05, 4.69) is 10.5 Å². The molecule has 1 saturated heterocycles. The Balaban J connectivity index is 1.63. The highest BCUT2D eigenvalue weighted by molar-refractivity contribution is 6.30. The van der Waals surface area contributed by atoms with Crippen LogP contribution in [0, 0.1) is 12.7 Å². The molecule has 0 radical (unpaired) electrons. The van der Waals surface area contributed by atoms with Crippen molar-refractivity contribution in [1.29, 1.82) is 0 Å². The number of ether oxygens (including phenoxy) is 1. The second-order valence-corrected chi connectivity index (χ2v) is 9.57. The second kappa shape index (κ2) is 10.4. The summed E-state index contributed by atoms with van der Waals surface area (Å²) in [6.07, 6.45) is -10.4. The molecule has 2 aromatic rings. The van der Waals surface area contributed by atoms with E-state index in [9.17, 15) is 35.5 Å². The Bertz CT molecular complexity index is 1260. The van der Waals surface area contributed by atoms with Crippen LogP contribution >= 0.6 is 11.6 Å². The molecule has 0 saturated carbocycles. The maximum absolute atomic E-state index is 14.7. The SMILES string of the molecule is Cc1cc(C2=NO[C@](c3cc(C(F)(F)F)cc(Cl)c3F)(C(F)(F)F)CC2)ccc1C(=O)NC1CCOCC1. The fraction of sp³-hybridized carbons (Fsp3) is 0.440. The van der Waals surface area contributed by atoms with Gasteiger partial charge in [-0.25, -0.2) is 4.39 Å². The Kier molecular flexibility index (Phi) is 7.68. The van der Waals surface area contributed by atoms with Crippen molar-refractivity contribution in [3.05, 3.63) is 69.0 Å². The van der Waals surface area contributed by atoms with E-state index in [1.165, 1.54) is 12.1 Å². The van der Waals surface area contributed by atoms with Crippen molar-refractivity contribution < 1.29 is 45.1 Å². The van der Waals surface area contributed by atoms with Gasteiger partial charge in [0.05, 0.1) is 16.3 Å². The number of benzene rings is 2. The number of hydrogen-bond acceptors (Lipinski definition) is 4. The zero-order chi connectivity index (χ0) is 27.9. The lowest BCUT2D eigenvalue weighted by Gasteiger charge is -2.37. The summed E-state index contributed by atoms with van der Waals surface area (Å²) in [4.78, 5) is 17.5. The topological polar surface area (TPSA) is 59.9 Å². The Morgan fingerprint density at radius 3 is 2.34 bits per heavy atom. The van der Waals surface area contributed by atoms with E-state index in [-0.39, 0.29) is 29.8 Å². The maximum atomic E-state index is 14.7. The molecule has 2 heterocycles. The summed E-state index contributed by atoms with van der Waals surface area (Å²) >= 11 is 5.53. The van der Waals surface area contributed by atoms with Gasteiger partial charge in [-0.1, -0.05) is 22.8 Å². The molecule has 2 aromatic carbocycles. The molecule has 1 N–H and O–H groups in total. The van der Waals surface area contributed by atoms with Crippen molar-refractivity contribution >= 4 is 23.2 Å². The molecular formula is C25H22ClF7N2O3. The molecule has 0 spiro atoms. The third-order valence-electron chi connectivity index (χ3n) is 6.63. The molecular weight excluding hydrogens is 545 g/mol. The molecule has 38 heavy (non-hydrogen) atoms. The van der Waals surface area contributed by atoms with E-state index in [0.29, 0.717) is 42.7 Å². The summed E-state index contributed by atoms with van der Waals surface area (Å²) in [6, 6.07) is 4.75. The average molecular weight is 567 g/mol. The molecule has 206 valence electrons. The van der Waals surface area contributed by atoms with Gasteiger partial charge in [0.1, 0.15) is 5.82 Å². The molecule has 1 atom stereocenters. The number of nitrogens with one attached hydrogen (secondary N) is 1. The van der Waals surface area contributed by atoms with Crippen LogP contribution in [-0.4, -0.2) is 37.1 Å². The van der Waals surface area contributed by atoms with E-state index in [0.717, 1.165) is 0 Å². The number of rotatable bonds is 4. The molecule has 0 unspecified atom stereocenters. The monoisotopic (exact) mass is 566 g/mol. The molecule has 0 aliphatic carbocycles. The highest BCUT2D eigenvalue weighted by atomic mass is 35.5. The van der Waals surface area contributed by atoms with Crippen LogP contribution in [0.2, 0.25) is 5.02 Å². The predicted molar refractivity (Wildman–Crippen MR) is 123 cm³/mol. The zero-order valence-corrected chi connectivity index (χ0v) is 20.7. The van der Waals surface area contributed by atoms with Crippen LogP contribution in [-0.2, 0) is 21.4 Å². The highest BCUT2D eigenvalue weighted by Gasteiger charge is 2.62. The normalized spacial score (nSPS) is 21.0. The summed E-state index contributed by atoms with van der Waals surface area (Å²) in [6.45, 7) is 2.73. The molecule has 1 amide bonds. The fourth-order valence-corrected chi connectivity index (χ4v) is 4.71. The van der Waals surface area contributed by atoms with Crippen molar-refractivity contribution in [2.75, 3.05) is 13.2 Å². The van der Waals surface area contributed by atoms with Crippen LogP contribution in [0.25, 0.3) is 0 Å².